The van der Waals surface area contributed by atoms with Gasteiger partial charge in [-0.25, -0.2) is 4.98 Å². The molecule has 0 saturated carbocycles. The maximum Gasteiger partial charge on any atom is 0.218 e. The van der Waals surface area contributed by atoms with Crippen LogP contribution in [0.5, 0.6) is 17.4 Å². The van der Waals surface area contributed by atoms with E-state index in [9.17, 15) is 0 Å². The van der Waals surface area contributed by atoms with Gasteiger partial charge in [-0.1, -0.05) is 19.1 Å². The lowest BCUT2D eigenvalue weighted by atomic mass is 10.1. The summed E-state index contributed by atoms with van der Waals surface area (Å²) in [4.78, 5) is 10.8. The van der Waals surface area contributed by atoms with Crippen molar-refractivity contribution in [3.8, 4) is 17.4 Å². The molecule has 0 bridgehead atoms. The van der Waals surface area contributed by atoms with E-state index in [0.29, 0.717) is 19.0 Å². The third kappa shape index (κ3) is 6.55. The van der Waals surface area contributed by atoms with E-state index in [0.717, 1.165) is 42.4 Å². The van der Waals surface area contributed by atoms with Gasteiger partial charge < -0.3 is 24.4 Å². The first-order valence-corrected chi connectivity index (χ1v) is 9.82. The molecule has 1 aromatic heterocycles. The quantitative estimate of drug-likeness (QED) is 0.488. The number of hydrogen-bond acceptors (Lipinski definition) is 5. The number of nitrogens with one attached hydrogen (secondary N) is 1. The van der Waals surface area contributed by atoms with E-state index in [-0.39, 0.29) is 0 Å². The van der Waals surface area contributed by atoms with Crippen molar-refractivity contribution in [2.75, 3.05) is 41.5 Å². The summed E-state index contributed by atoms with van der Waals surface area (Å²) < 4.78 is 16.4. The van der Waals surface area contributed by atoms with Gasteiger partial charge in [0.2, 0.25) is 5.88 Å². The third-order valence-corrected chi connectivity index (χ3v) is 4.49. The number of hydrogen-bond donors (Lipinski definition) is 1. The number of methoxy groups -OCH3 is 2. The van der Waals surface area contributed by atoms with Gasteiger partial charge in [-0.3, -0.25) is 4.99 Å². The molecule has 0 aliphatic carbocycles. The van der Waals surface area contributed by atoms with Gasteiger partial charge in [0.15, 0.2) is 17.5 Å². The van der Waals surface area contributed by atoms with Gasteiger partial charge in [-0.15, -0.1) is 0 Å². The Labute approximate surface area is 173 Å². The van der Waals surface area contributed by atoms with Gasteiger partial charge >= 0.3 is 0 Å². The number of pyridine rings is 1. The Morgan fingerprint density at radius 1 is 1.17 bits per heavy atom. The number of ether oxygens (including phenoxy) is 3. The largest absolute Gasteiger partial charge is 0.493 e. The van der Waals surface area contributed by atoms with Crippen molar-refractivity contribution < 1.29 is 14.2 Å². The maximum atomic E-state index is 5.73. The van der Waals surface area contributed by atoms with Gasteiger partial charge in [0.1, 0.15) is 0 Å². The number of guanidine groups is 1. The first-order chi connectivity index (χ1) is 14.1. The van der Waals surface area contributed by atoms with E-state index >= 15 is 0 Å². The zero-order valence-corrected chi connectivity index (χ0v) is 18.1. The lowest BCUT2D eigenvalue weighted by molar-refractivity contribution is 0.301. The normalized spacial score (nSPS) is 11.1. The summed E-state index contributed by atoms with van der Waals surface area (Å²) in [5, 5.41) is 3.39. The van der Waals surface area contributed by atoms with Crippen molar-refractivity contribution in [3.63, 3.8) is 0 Å². The molecule has 7 nitrogen and oxygen atoms in total. The Hall–Kier alpha value is -2.96. The SMILES string of the molecule is CCCOc1ncccc1CNC(=NC)N(C)CCc1ccc(OC)c(OC)c1. The fourth-order valence-corrected chi connectivity index (χ4v) is 2.89. The van der Waals surface area contributed by atoms with Crippen LogP contribution in [-0.4, -0.2) is 57.3 Å². The molecule has 7 heteroatoms. The number of benzene rings is 1. The highest BCUT2D eigenvalue weighted by atomic mass is 16.5. The Morgan fingerprint density at radius 2 is 1.97 bits per heavy atom. The molecule has 2 rings (SSSR count). The number of nitrogens with zero attached hydrogens (tertiary/aromatic N) is 3. The van der Waals surface area contributed by atoms with Crippen molar-refractivity contribution in [2.45, 2.75) is 26.3 Å². The molecule has 1 heterocycles. The summed E-state index contributed by atoms with van der Waals surface area (Å²) >= 11 is 0. The van der Waals surface area contributed by atoms with E-state index in [2.05, 4.69) is 33.2 Å². The molecule has 158 valence electrons. The monoisotopic (exact) mass is 400 g/mol. The molecule has 1 N–H and O–H groups in total. The highest BCUT2D eigenvalue weighted by molar-refractivity contribution is 5.79. The number of rotatable bonds is 10. The van der Waals surface area contributed by atoms with Crippen LogP contribution in [0.3, 0.4) is 0 Å². The van der Waals surface area contributed by atoms with Crippen LogP contribution in [0.25, 0.3) is 0 Å². The maximum absolute atomic E-state index is 5.73. The van der Waals surface area contributed by atoms with Crippen LogP contribution in [0.4, 0.5) is 0 Å². The molecule has 0 saturated heterocycles. The van der Waals surface area contributed by atoms with E-state index in [1.54, 1.807) is 27.5 Å². The van der Waals surface area contributed by atoms with Crippen LogP contribution < -0.4 is 19.5 Å². The molecule has 0 radical (unpaired) electrons. The van der Waals surface area contributed by atoms with E-state index in [1.165, 1.54) is 5.56 Å². The van der Waals surface area contributed by atoms with Crippen molar-refractivity contribution in [2.24, 2.45) is 4.99 Å². The highest BCUT2D eigenvalue weighted by Gasteiger charge is 2.10. The van der Waals surface area contributed by atoms with E-state index in [4.69, 9.17) is 14.2 Å². The molecule has 0 aliphatic heterocycles. The lowest BCUT2D eigenvalue weighted by Gasteiger charge is -2.22. The van der Waals surface area contributed by atoms with Gasteiger partial charge in [0.25, 0.3) is 0 Å². The summed E-state index contributed by atoms with van der Waals surface area (Å²) in [6, 6.07) is 9.93. The van der Waals surface area contributed by atoms with Crippen molar-refractivity contribution in [3.05, 3.63) is 47.7 Å². The molecular formula is C22H32N4O3. The van der Waals surface area contributed by atoms with Crippen LogP contribution in [0, 0.1) is 0 Å². The standard InChI is InChI=1S/C22H32N4O3/c1-6-14-29-21-18(8-7-12-24-21)16-25-22(23-2)26(3)13-11-17-9-10-19(27-4)20(15-17)28-5/h7-10,12,15H,6,11,13-14,16H2,1-5H3,(H,23,25). The van der Waals surface area contributed by atoms with E-state index < -0.39 is 0 Å². The fourth-order valence-electron chi connectivity index (χ4n) is 2.89. The van der Waals surface area contributed by atoms with Gasteiger partial charge in [0.05, 0.1) is 20.8 Å². The number of aliphatic imine (C=N–C) groups is 1. The van der Waals surface area contributed by atoms with Crippen LogP contribution in [0.15, 0.2) is 41.5 Å². The smallest absolute Gasteiger partial charge is 0.218 e. The minimum atomic E-state index is 0.597. The van der Waals surface area contributed by atoms with E-state index in [1.807, 2.05) is 31.3 Å². The van der Waals surface area contributed by atoms with Crippen molar-refractivity contribution in [1.29, 1.82) is 0 Å². The van der Waals surface area contributed by atoms with Crippen LogP contribution in [-0.2, 0) is 13.0 Å². The van der Waals surface area contributed by atoms with Gasteiger partial charge in [-0.2, -0.15) is 0 Å². The Bertz CT molecular complexity index is 795. The summed E-state index contributed by atoms with van der Waals surface area (Å²) in [5.74, 6) is 2.96. The third-order valence-electron chi connectivity index (χ3n) is 4.49. The van der Waals surface area contributed by atoms with Crippen molar-refractivity contribution >= 4 is 5.96 Å². The Kier molecular flexibility index (Phi) is 9.08. The van der Waals surface area contributed by atoms with Crippen LogP contribution in [0.2, 0.25) is 0 Å². The predicted octanol–water partition coefficient (Wildman–Crippen LogP) is 3.14. The van der Waals surface area contributed by atoms with Crippen LogP contribution >= 0.6 is 0 Å². The Morgan fingerprint density at radius 3 is 2.66 bits per heavy atom. The predicted molar refractivity (Wildman–Crippen MR) is 116 cm³/mol. The lowest BCUT2D eigenvalue weighted by Crippen LogP contribution is -2.39. The zero-order chi connectivity index (χ0) is 21.1. The minimum absolute atomic E-state index is 0.597. The molecule has 0 spiro atoms. The van der Waals surface area contributed by atoms with Gasteiger partial charge in [0, 0.05) is 38.9 Å². The molecule has 0 atom stereocenters. The summed E-state index contributed by atoms with van der Waals surface area (Å²) in [5.41, 5.74) is 2.18. The highest BCUT2D eigenvalue weighted by Crippen LogP contribution is 2.27. The number of likely N-dealkylation sites (N-methyl/N-ethyl adjacent to an activating group) is 1. The first-order valence-electron chi connectivity index (χ1n) is 9.82. The molecule has 2 aromatic rings. The average molecular weight is 401 g/mol. The molecule has 29 heavy (non-hydrogen) atoms. The second kappa shape index (κ2) is 11.8. The summed E-state index contributed by atoms with van der Waals surface area (Å²) in [6.07, 6.45) is 3.55. The number of aromatic nitrogens is 1. The zero-order valence-electron chi connectivity index (χ0n) is 18.1. The topological polar surface area (TPSA) is 68.2 Å². The summed E-state index contributed by atoms with van der Waals surface area (Å²) in [7, 11) is 7.10. The first kappa shape index (κ1) is 22.3. The Balaban J connectivity index is 1.94. The molecule has 0 fully saturated rings. The molecule has 1 aromatic carbocycles. The molecule has 0 amide bonds. The van der Waals surface area contributed by atoms with Crippen molar-refractivity contribution in [1.82, 2.24) is 15.2 Å². The molecular weight excluding hydrogens is 368 g/mol. The van der Waals surface area contributed by atoms with Crippen LogP contribution in [0.1, 0.15) is 24.5 Å². The molecule has 0 unspecified atom stereocenters. The molecule has 0 aliphatic rings. The average Bonchev–Trinajstić information content (AvgIpc) is 2.76. The summed E-state index contributed by atoms with van der Waals surface area (Å²) in [6.45, 7) is 4.14. The second-order valence-corrected chi connectivity index (χ2v) is 6.58. The fraction of sp³-hybridized carbons (Fsp3) is 0.455. The van der Waals surface area contributed by atoms with Gasteiger partial charge in [-0.05, 0) is 36.6 Å². The second-order valence-electron chi connectivity index (χ2n) is 6.58. The minimum Gasteiger partial charge on any atom is -0.493 e.